The molecule has 0 fully saturated rings. The normalized spacial score (nSPS) is 11.1. The van der Waals surface area contributed by atoms with Crippen LogP contribution >= 0.6 is 11.3 Å². The zero-order valence-electron chi connectivity index (χ0n) is 9.67. The smallest absolute Gasteiger partial charge is 0.186 e. The van der Waals surface area contributed by atoms with E-state index >= 15 is 0 Å². The maximum atomic E-state index is 11.8. The van der Waals surface area contributed by atoms with Crippen molar-refractivity contribution in [1.29, 1.82) is 0 Å². The number of thiophene rings is 1. The van der Waals surface area contributed by atoms with Crippen molar-refractivity contribution >= 4 is 17.1 Å². The van der Waals surface area contributed by atoms with Gasteiger partial charge in [0.05, 0.1) is 0 Å². The largest absolute Gasteiger partial charge is 0.289 e. The van der Waals surface area contributed by atoms with Gasteiger partial charge in [0, 0.05) is 15.3 Å². The van der Waals surface area contributed by atoms with Gasteiger partial charge in [-0.2, -0.15) is 0 Å². The Morgan fingerprint density at radius 2 is 2.20 bits per heavy atom. The minimum absolute atomic E-state index is 0.146. The van der Waals surface area contributed by atoms with Gasteiger partial charge in [-0.3, -0.25) is 4.79 Å². The molecule has 0 amide bonds. The van der Waals surface area contributed by atoms with Gasteiger partial charge in [0.1, 0.15) is 0 Å². The number of ketones is 1. The van der Waals surface area contributed by atoms with Gasteiger partial charge in [-0.25, -0.2) is 0 Å². The van der Waals surface area contributed by atoms with Gasteiger partial charge in [-0.15, -0.1) is 11.3 Å². The first-order valence-electron chi connectivity index (χ1n) is 5.43. The summed E-state index contributed by atoms with van der Waals surface area (Å²) >= 11 is 1.69. The molecule has 1 nitrogen and oxygen atoms in total. The van der Waals surface area contributed by atoms with Crippen molar-refractivity contribution in [2.75, 3.05) is 0 Å². The van der Waals surface area contributed by atoms with E-state index in [1.807, 2.05) is 26.0 Å². The molecule has 0 aliphatic heterocycles. The van der Waals surface area contributed by atoms with Gasteiger partial charge < -0.3 is 0 Å². The predicted octanol–water partition coefficient (Wildman–Crippen LogP) is 4.29. The summed E-state index contributed by atoms with van der Waals surface area (Å²) in [5, 5.41) is 0. The van der Waals surface area contributed by atoms with E-state index in [9.17, 15) is 4.79 Å². The highest BCUT2D eigenvalue weighted by molar-refractivity contribution is 7.12. The lowest BCUT2D eigenvalue weighted by Gasteiger charge is -1.92. The van der Waals surface area contributed by atoms with E-state index in [1.54, 1.807) is 17.4 Å². The van der Waals surface area contributed by atoms with Crippen LogP contribution in [-0.4, -0.2) is 5.78 Å². The maximum Gasteiger partial charge on any atom is 0.186 e. The first kappa shape index (κ1) is 12.2. The summed E-state index contributed by atoms with van der Waals surface area (Å²) in [5.74, 6) is 0.146. The molecular weight excluding hydrogens is 204 g/mol. The monoisotopic (exact) mass is 222 g/mol. The number of hydrogen-bond acceptors (Lipinski definition) is 2. The topological polar surface area (TPSA) is 17.1 Å². The molecule has 0 atom stereocenters. The quantitative estimate of drug-likeness (QED) is 0.412. The van der Waals surface area contributed by atoms with Crippen LogP contribution in [0, 0.1) is 13.8 Å². The van der Waals surface area contributed by atoms with Crippen LogP contribution in [0.1, 0.15) is 46.3 Å². The molecule has 1 aromatic heterocycles. The van der Waals surface area contributed by atoms with E-state index in [0.717, 1.165) is 23.3 Å². The third kappa shape index (κ3) is 3.63. The Hall–Kier alpha value is -0.890. The zero-order chi connectivity index (χ0) is 11.3. The first-order chi connectivity index (χ1) is 7.15. The Labute approximate surface area is 95.8 Å². The molecule has 82 valence electrons. The Bertz CT molecular complexity index is 361. The number of allylic oxidation sites excluding steroid dienone is 2. The minimum atomic E-state index is 0.146. The van der Waals surface area contributed by atoms with Gasteiger partial charge in [0.25, 0.3) is 0 Å². The summed E-state index contributed by atoms with van der Waals surface area (Å²) < 4.78 is 0. The van der Waals surface area contributed by atoms with Crippen LogP contribution in [0.2, 0.25) is 0 Å². The molecule has 1 heterocycles. The van der Waals surface area contributed by atoms with Crippen molar-refractivity contribution in [3.05, 3.63) is 33.5 Å². The number of rotatable bonds is 5. The van der Waals surface area contributed by atoms with E-state index in [4.69, 9.17) is 0 Å². The van der Waals surface area contributed by atoms with Crippen LogP contribution in [-0.2, 0) is 0 Å². The molecule has 0 saturated carbocycles. The summed E-state index contributed by atoms with van der Waals surface area (Å²) in [5.41, 5.74) is 0.866. The van der Waals surface area contributed by atoms with E-state index in [1.165, 1.54) is 11.3 Å². The van der Waals surface area contributed by atoms with Crippen LogP contribution in [0.4, 0.5) is 0 Å². The molecule has 1 aromatic rings. The highest BCUT2D eigenvalue weighted by Crippen LogP contribution is 2.21. The first-order valence-corrected chi connectivity index (χ1v) is 6.24. The fraction of sp³-hybridized carbons (Fsp3) is 0.462. The Morgan fingerprint density at radius 3 is 2.73 bits per heavy atom. The van der Waals surface area contributed by atoms with E-state index in [-0.39, 0.29) is 5.78 Å². The summed E-state index contributed by atoms with van der Waals surface area (Å²) in [7, 11) is 0. The van der Waals surface area contributed by atoms with Crippen molar-refractivity contribution in [3.63, 3.8) is 0 Å². The van der Waals surface area contributed by atoms with E-state index < -0.39 is 0 Å². The summed E-state index contributed by atoms with van der Waals surface area (Å²) in [6, 6.07) is 1.98. The van der Waals surface area contributed by atoms with Crippen LogP contribution < -0.4 is 0 Å². The van der Waals surface area contributed by atoms with Crippen molar-refractivity contribution in [2.45, 2.75) is 40.0 Å². The molecule has 2 heteroatoms. The lowest BCUT2D eigenvalue weighted by Crippen LogP contribution is -1.93. The Balaban J connectivity index is 2.61. The molecule has 0 unspecified atom stereocenters. The third-order valence-electron chi connectivity index (χ3n) is 2.30. The number of aryl methyl sites for hydroxylation is 2. The third-order valence-corrected chi connectivity index (χ3v) is 3.27. The lowest BCUT2D eigenvalue weighted by molar-refractivity contribution is 0.104. The van der Waals surface area contributed by atoms with Crippen molar-refractivity contribution in [3.8, 4) is 0 Å². The highest BCUT2D eigenvalue weighted by atomic mass is 32.1. The molecule has 0 aliphatic carbocycles. The standard InChI is InChI=1S/C13H18OS/c1-4-5-6-7-8-13(14)12-9-10(2)15-11(12)3/h7-9H,4-6H2,1-3H3. The molecule has 0 saturated heterocycles. The highest BCUT2D eigenvalue weighted by Gasteiger charge is 2.08. The number of hydrogen-bond donors (Lipinski definition) is 0. The second-order valence-corrected chi connectivity index (χ2v) is 5.20. The fourth-order valence-corrected chi connectivity index (χ4v) is 2.41. The number of unbranched alkanes of at least 4 members (excludes halogenated alkanes) is 2. The summed E-state index contributed by atoms with van der Waals surface area (Å²) in [6.07, 6.45) is 7.04. The molecule has 0 aromatic carbocycles. The van der Waals surface area contributed by atoms with Crippen LogP contribution in [0.5, 0.6) is 0 Å². The van der Waals surface area contributed by atoms with Crippen LogP contribution in [0.25, 0.3) is 0 Å². The minimum Gasteiger partial charge on any atom is -0.289 e. The van der Waals surface area contributed by atoms with Gasteiger partial charge in [0.2, 0.25) is 0 Å². The maximum absolute atomic E-state index is 11.8. The Morgan fingerprint density at radius 1 is 1.47 bits per heavy atom. The predicted molar refractivity (Wildman–Crippen MR) is 66.8 cm³/mol. The summed E-state index contributed by atoms with van der Waals surface area (Å²) in [6.45, 7) is 6.20. The molecule has 0 radical (unpaired) electrons. The van der Waals surface area contributed by atoms with Crippen molar-refractivity contribution in [2.24, 2.45) is 0 Å². The average molecular weight is 222 g/mol. The molecule has 1 rings (SSSR count). The fourth-order valence-electron chi connectivity index (χ4n) is 1.48. The van der Waals surface area contributed by atoms with E-state index in [0.29, 0.717) is 0 Å². The van der Waals surface area contributed by atoms with Crippen LogP contribution in [0.3, 0.4) is 0 Å². The second kappa shape index (κ2) is 5.86. The summed E-state index contributed by atoms with van der Waals surface area (Å²) in [4.78, 5) is 14.1. The van der Waals surface area contributed by atoms with Gasteiger partial charge in [0.15, 0.2) is 5.78 Å². The van der Waals surface area contributed by atoms with E-state index in [2.05, 4.69) is 6.92 Å². The molecule has 0 aliphatic rings. The number of carbonyl (C=O) groups is 1. The molecule has 0 bridgehead atoms. The van der Waals surface area contributed by atoms with Crippen molar-refractivity contribution in [1.82, 2.24) is 0 Å². The molecular formula is C13H18OS. The van der Waals surface area contributed by atoms with Crippen molar-refractivity contribution < 1.29 is 4.79 Å². The lowest BCUT2D eigenvalue weighted by atomic mass is 10.1. The molecule has 0 spiro atoms. The number of carbonyl (C=O) groups excluding carboxylic acids is 1. The van der Waals surface area contributed by atoms with Gasteiger partial charge in [-0.05, 0) is 32.4 Å². The van der Waals surface area contributed by atoms with Crippen LogP contribution in [0.15, 0.2) is 18.2 Å². The second-order valence-electron chi connectivity index (χ2n) is 3.74. The average Bonchev–Trinajstić information content (AvgIpc) is 2.52. The molecule has 15 heavy (non-hydrogen) atoms. The Kier molecular flexibility index (Phi) is 4.76. The van der Waals surface area contributed by atoms with Gasteiger partial charge >= 0.3 is 0 Å². The molecule has 0 N–H and O–H groups in total. The zero-order valence-corrected chi connectivity index (χ0v) is 10.5. The SMILES string of the molecule is CCCCC=CC(=O)c1cc(C)sc1C. The van der Waals surface area contributed by atoms with Gasteiger partial charge in [-0.1, -0.05) is 25.8 Å².